The third-order valence-corrected chi connectivity index (χ3v) is 3.22. The first-order chi connectivity index (χ1) is 7.00. The maximum absolute atomic E-state index is 11.1. The fraction of sp³-hybridized carbons (Fsp3) is 0.583. The number of hydrogen-bond acceptors (Lipinski definition) is 2. The van der Waals surface area contributed by atoms with Gasteiger partial charge in [0.15, 0.2) is 0 Å². The van der Waals surface area contributed by atoms with E-state index in [2.05, 4.69) is 37.5 Å². The smallest absolute Gasteiger partial charge is 0.217 e. The van der Waals surface area contributed by atoms with Crippen LogP contribution in [0.5, 0.6) is 0 Å². The van der Waals surface area contributed by atoms with Gasteiger partial charge in [-0.25, -0.2) is 0 Å². The molecule has 1 atom stereocenters. The molecule has 1 aromatic rings. The minimum atomic E-state index is 0.0475. The second-order valence-electron chi connectivity index (χ2n) is 4.31. The number of rotatable bonds is 4. The lowest BCUT2D eigenvalue weighted by molar-refractivity contribution is -0.119. The van der Waals surface area contributed by atoms with Gasteiger partial charge in [-0.15, -0.1) is 11.3 Å². The van der Waals surface area contributed by atoms with Crippen molar-refractivity contribution in [2.75, 3.05) is 0 Å². The molecule has 2 nitrogen and oxygen atoms in total. The summed E-state index contributed by atoms with van der Waals surface area (Å²) >= 11 is 1.74. The first-order valence-corrected chi connectivity index (χ1v) is 6.19. The van der Waals surface area contributed by atoms with Gasteiger partial charge in [0.05, 0.1) is 6.04 Å². The van der Waals surface area contributed by atoms with Crippen LogP contribution in [0.2, 0.25) is 0 Å². The molecule has 1 amide bonds. The van der Waals surface area contributed by atoms with Crippen LogP contribution in [0, 0.1) is 12.8 Å². The third kappa shape index (κ3) is 3.67. The number of aryl methyl sites for hydroxylation is 1. The zero-order chi connectivity index (χ0) is 11.4. The maximum Gasteiger partial charge on any atom is 0.217 e. The molecule has 0 bridgehead atoms. The zero-order valence-corrected chi connectivity index (χ0v) is 10.6. The van der Waals surface area contributed by atoms with E-state index in [0.29, 0.717) is 5.92 Å². The molecule has 0 saturated heterocycles. The van der Waals surface area contributed by atoms with E-state index >= 15 is 0 Å². The minimum Gasteiger partial charge on any atom is -0.349 e. The Morgan fingerprint density at radius 1 is 1.53 bits per heavy atom. The van der Waals surface area contributed by atoms with Crippen molar-refractivity contribution >= 4 is 17.2 Å². The molecule has 0 radical (unpaired) electrons. The molecule has 0 aromatic carbocycles. The molecule has 3 heteroatoms. The van der Waals surface area contributed by atoms with Gasteiger partial charge in [0.2, 0.25) is 5.91 Å². The maximum atomic E-state index is 11.1. The molecule has 0 saturated carbocycles. The lowest BCUT2D eigenvalue weighted by Crippen LogP contribution is -2.27. The summed E-state index contributed by atoms with van der Waals surface area (Å²) < 4.78 is 0. The summed E-state index contributed by atoms with van der Waals surface area (Å²) in [5.74, 6) is 0.632. The summed E-state index contributed by atoms with van der Waals surface area (Å²) in [4.78, 5) is 12.4. The standard InChI is InChI=1S/C12H19NOS/c1-8(2)7-12(13-10(4)14)11-5-6-15-9(11)3/h5-6,8,12H,7H2,1-4H3,(H,13,14). The second kappa shape index (κ2) is 5.31. The van der Waals surface area contributed by atoms with Crippen LogP contribution in [0.25, 0.3) is 0 Å². The van der Waals surface area contributed by atoms with Gasteiger partial charge in [0, 0.05) is 11.8 Å². The van der Waals surface area contributed by atoms with E-state index in [0.717, 1.165) is 6.42 Å². The minimum absolute atomic E-state index is 0.0475. The van der Waals surface area contributed by atoms with Crippen LogP contribution in [0.4, 0.5) is 0 Å². The third-order valence-electron chi connectivity index (χ3n) is 2.36. The van der Waals surface area contributed by atoms with Gasteiger partial charge in [-0.1, -0.05) is 13.8 Å². The number of nitrogens with one attached hydrogen (secondary N) is 1. The lowest BCUT2D eigenvalue weighted by Gasteiger charge is -2.20. The summed E-state index contributed by atoms with van der Waals surface area (Å²) in [6.45, 7) is 8.04. The molecule has 15 heavy (non-hydrogen) atoms. The van der Waals surface area contributed by atoms with E-state index in [-0.39, 0.29) is 11.9 Å². The molecule has 84 valence electrons. The van der Waals surface area contributed by atoms with E-state index in [1.807, 2.05) is 0 Å². The summed E-state index contributed by atoms with van der Waals surface area (Å²) in [6.07, 6.45) is 0.997. The van der Waals surface area contributed by atoms with Crippen LogP contribution in [0.1, 0.15) is 43.7 Å². The first kappa shape index (κ1) is 12.2. The molecule has 0 aliphatic carbocycles. The topological polar surface area (TPSA) is 29.1 Å². The highest BCUT2D eigenvalue weighted by Crippen LogP contribution is 2.27. The average molecular weight is 225 g/mol. The monoisotopic (exact) mass is 225 g/mol. The normalized spacial score (nSPS) is 12.9. The predicted molar refractivity (Wildman–Crippen MR) is 65.1 cm³/mol. The Labute approximate surface area is 95.7 Å². The van der Waals surface area contributed by atoms with Crippen molar-refractivity contribution in [3.05, 3.63) is 21.9 Å². The molecule has 1 heterocycles. The van der Waals surface area contributed by atoms with Crippen LogP contribution in [0.15, 0.2) is 11.4 Å². The molecule has 1 aromatic heterocycles. The van der Waals surface area contributed by atoms with Crippen molar-refractivity contribution in [1.29, 1.82) is 0 Å². The van der Waals surface area contributed by atoms with E-state index < -0.39 is 0 Å². The molecule has 0 aliphatic rings. The molecule has 1 rings (SSSR count). The predicted octanol–water partition coefficient (Wildman–Crippen LogP) is 3.28. The lowest BCUT2D eigenvalue weighted by atomic mass is 9.97. The summed E-state index contributed by atoms with van der Waals surface area (Å²) in [5.41, 5.74) is 1.27. The Morgan fingerprint density at radius 3 is 2.60 bits per heavy atom. The molecule has 0 spiro atoms. The van der Waals surface area contributed by atoms with Gasteiger partial charge < -0.3 is 5.32 Å². The molecule has 1 unspecified atom stereocenters. The van der Waals surface area contributed by atoms with Crippen LogP contribution in [-0.2, 0) is 4.79 Å². The second-order valence-corrected chi connectivity index (χ2v) is 5.44. The van der Waals surface area contributed by atoms with Crippen LogP contribution < -0.4 is 5.32 Å². The van der Waals surface area contributed by atoms with Crippen LogP contribution in [-0.4, -0.2) is 5.91 Å². The number of thiophene rings is 1. The van der Waals surface area contributed by atoms with E-state index in [9.17, 15) is 4.79 Å². The number of carbonyl (C=O) groups excluding carboxylic acids is 1. The quantitative estimate of drug-likeness (QED) is 0.837. The summed E-state index contributed by atoms with van der Waals surface area (Å²) in [6, 6.07) is 2.29. The number of amides is 1. The highest BCUT2D eigenvalue weighted by Gasteiger charge is 2.16. The van der Waals surface area contributed by atoms with Gasteiger partial charge in [-0.2, -0.15) is 0 Å². The Hall–Kier alpha value is -0.830. The van der Waals surface area contributed by atoms with E-state index in [1.54, 1.807) is 18.3 Å². The van der Waals surface area contributed by atoms with Crippen LogP contribution in [0.3, 0.4) is 0 Å². The van der Waals surface area contributed by atoms with Crippen molar-refractivity contribution in [3.63, 3.8) is 0 Å². The van der Waals surface area contributed by atoms with Crippen LogP contribution >= 0.6 is 11.3 Å². The van der Waals surface area contributed by atoms with Crippen molar-refractivity contribution in [2.45, 2.75) is 40.2 Å². The van der Waals surface area contributed by atoms with Gasteiger partial charge in [-0.05, 0) is 36.3 Å². The summed E-state index contributed by atoms with van der Waals surface area (Å²) in [5, 5.41) is 5.11. The Kier molecular flexibility index (Phi) is 4.33. The van der Waals surface area contributed by atoms with Gasteiger partial charge in [-0.3, -0.25) is 4.79 Å². The van der Waals surface area contributed by atoms with Gasteiger partial charge >= 0.3 is 0 Å². The Balaban J connectivity index is 2.81. The number of carbonyl (C=O) groups is 1. The van der Waals surface area contributed by atoms with Gasteiger partial charge in [0.25, 0.3) is 0 Å². The SMILES string of the molecule is CC(=O)NC(CC(C)C)c1ccsc1C. The number of hydrogen-bond donors (Lipinski definition) is 1. The highest BCUT2D eigenvalue weighted by molar-refractivity contribution is 7.10. The molecule has 0 fully saturated rings. The first-order valence-electron chi connectivity index (χ1n) is 5.31. The zero-order valence-electron chi connectivity index (χ0n) is 9.83. The van der Waals surface area contributed by atoms with E-state index in [4.69, 9.17) is 0 Å². The van der Waals surface area contributed by atoms with E-state index in [1.165, 1.54) is 10.4 Å². The molecular formula is C12H19NOS. The molecule has 1 N–H and O–H groups in total. The molecular weight excluding hydrogens is 206 g/mol. The summed E-state index contributed by atoms with van der Waals surface area (Å²) in [7, 11) is 0. The van der Waals surface area contributed by atoms with Crippen molar-refractivity contribution in [1.82, 2.24) is 5.32 Å². The molecule has 0 aliphatic heterocycles. The van der Waals surface area contributed by atoms with Crippen molar-refractivity contribution < 1.29 is 4.79 Å². The fourth-order valence-corrected chi connectivity index (χ4v) is 2.50. The average Bonchev–Trinajstić information content (AvgIpc) is 2.48. The van der Waals surface area contributed by atoms with Crippen molar-refractivity contribution in [2.24, 2.45) is 5.92 Å². The van der Waals surface area contributed by atoms with Gasteiger partial charge in [0.1, 0.15) is 0 Å². The Bertz CT molecular complexity index is 330. The Morgan fingerprint density at radius 2 is 2.20 bits per heavy atom. The van der Waals surface area contributed by atoms with Crippen molar-refractivity contribution in [3.8, 4) is 0 Å². The highest BCUT2D eigenvalue weighted by atomic mass is 32.1. The fourth-order valence-electron chi connectivity index (χ4n) is 1.74. The largest absolute Gasteiger partial charge is 0.349 e.